The number of para-hydroxylation sites is 1. The summed E-state index contributed by atoms with van der Waals surface area (Å²) in [6, 6.07) is 5.06. The molecule has 0 saturated carbocycles. The van der Waals surface area contributed by atoms with Gasteiger partial charge in [0.25, 0.3) is 0 Å². The Morgan fingerprint density at radius 3 is 2.71 bits per heavy atom. The Balaban J connectivity index is 2.01. The van der Waals surface area contributed by atoms with Crippen molar-refractivity contribution in [3.8, 4) is 0 Å². The number of nitrogen functional groups attached to an aromatic ring is 1. The van der Waals surface area contributed by atoms with Crippen LogP contribution in [0.25, 0.3) is 0 Å². The average Bonchev–Trinajstić information content (AvgIpc) is 2.49. The van der Waals surface area contributed by atoms with Crippen molar-refractivity contribution in [1.29, 1.82) is 0 Å². The zero-order chi connectivity index (χ0) is 17.9. The first kappa shape index (κ1) is 18.4. The topological polar surface area (TPSA) is 84.7 Å². The summed E-state index contributed by atoms with van der Waals surface area (Å²) in [5.41, 5.74) is 6.13. The highest BCUT2D eigenvalue weighted by molar-refractivity contribution is 6.34. The number of piperidine rings is 1. The number of carbonyl (C=O) groups is 2. The first-order valence-electron chi connectivity index (χ1n) is 8.00. The Morgan fingerprint density at radius 2 is 2.08 bits per heavy atom. The van der Waals surface area contributed by atoms with Gasteiger partial charge in [-0.2, -0.15) is 0 Å². The van der Waals surface area contributed by atoms with Crippen LogP contribution in [0.4, 0.5) is 16.2 Å². The lowest BCUT2D eigenvalue weighted by atomic mass is 9.97. The van der Waals surface area contributed by atoms with Crippen molar-refractivity contribution in [3.05, 3.63) is 23.2 Å². The Hall–Kier alpha value is -1.95. The number of nitrogens with two attached hydrogens (primary N) is 1. The van der Waals surface area contributed by atoms with E-state index in [4.69, 9.17) is 22.1 Å². The van der Waals surface area contributed by atoms with E-state index >= 15 is 0 Å². The lowest BCUT2D eigenvalue weighted by molar-refractivity contribution is -0.121. The van der Waals surface area contributed by atoms with Crippen molar-refractivity contribution >= 4 is 35.0 Å². The van der Waals surface area contributed by atoms with E-state index in [0.29, 0.717) is 35.9 Å². The molecule has 1 aliphatic heterocycles. The average molecular weight is 354 g/mol. The second-order valence-corrected chi connectivity index (χ2v) is 7.37. The van der Waals surface area contributed by atoms with Gasteiger partial charge in [0.1, 0.15) is 5.60 Å². The number of hydrogen-bond donors (Lipinski definition) is 2. The quantitative estimate of drug-likeness (QED) is 0.797. The van der Waals surface area contributed by atoms with Gasteiger partial charge in [-0.3, -0.25) is 4.79 Å². The van der Waals surface area contributed by atoms with Gasteiger partial charge in [0.15, 0.2) is 0 Å². The molecule has 1 saturated heterocycles. The Morgan fingerprint density at radius 1 is 1.38 bits per heavy atom. The molecule has 6 nitrogen and oxygen atoms in total. The number of hydrogen-bond acceptors (Lipinski definition) is 4. The summed E-state index contributed by atoms with van der Waals surface area (Å²) in [6.07, 6.45) is 1.06. The maximum atomic E-state index is 12.5. The minimum atomic E-state index is -0.557. The van der Waals surface area contributed by atoms with Gasteiger partial charge in [0, 0.05) is 13.1 Å². The number of carbonyl (C=O) groups excluding carboxylic acids is 2. The van der Waals surface area contributed by atoms with Crippen LogP contribution >= 0.6 is 11.6 Å². The second kappa shape index (κ2) is 7.30. The summed E-state index contributed by atoms with van der Waals surface area (Å²) in [7, 11) is 0. The molecule has 1 heterocycles. The predicted molar refractivity (Wildman–Crippen MR) is 95.0 cm³/mol. The molecule has 0 spiro atoms. The van der Waals surface area contributed by atoms with Crippen LogP contribution in [0, 0.1) is 5.92 Å². The first-order chi connectivity index (χ1) is 11.2. The molecule has 1 unspecified atom stereocenters. The number of nitrogens with zero attached hydrogens (tertiary/aromatic N) is 1. The Bertz CT molecular complexity index is 608. The third kappa shape index (κ3) is 4.77. The van der Waals surface area contributed by atoms with Crippen LogP contribution in [0.15, 0.2) is 18.2 Å². The van der Waals surface area contributed by atoms with Crippen LogP contribution in [0.2, 0.25) is 5.02 Å². The van der Waals surface area contributed by atoms with Gasteiger partial charge in [0.2, 0.25) is 5.91 Å². The van der Waals surface area contributed by atoms with Gasteiger partial charge in [-0.25, -0.2) is 4.79 Å². The standard InChI is InChI=1S/C17H24ClN3O3/c1-17(2,3)24-16(23)21-9-5-6-11(10-21)15(22)20-14-12(18)7-4-8-13(14)19/h4,7-8,11H,5-6,9-10,19H2,1-3H3,(H,20,22). The molecule has 0 aliphatic carbocycles. The van der Waals surface area contributed by atoms with E-state index in [9.17, 15) is 9.59 Å². The number of anilines is 2. The van der Waals surface area contributed by atoms with Crippen LogP contribution in [0.3, 0.4) is 0 Å². The third-order valence-corrected chi connectivity index (χ3v) is 4.05. The maximum absolute atomic E-state index is 12.5. The lowest BCUT2D eigenvalue weighted by Gasteiger charge is -2.33. The van der Waals surface area contributed by atoms with Gasteiger partial charge in [-0.15, -0.1) is 0 Å². The molecule has 0 bridgehead atoms. The molecule has 3 N–H and O–H groups in total. The van der Waals surface area contributed by atoms with Crippen molar-refractivity contribution in [1.82, 2.24) is 4.90 Å². The number of halogens is 1. The van der Waals surface area contributed by atoms with Crippen LogP contribution in [-0.4, -0.2) is 35.6 Å². The molecule has 0 radical (unpaired) electrons. The second-order valence-electron chi connectivity index (χ2n) is 6.96. The van der Waals surface area contributed by atoms with E-state index in [1.165, 1.54) is 0 Å². The number of benzene rings is 1. The Labute approximate surface area is 147 Å². The van der Waals surface area contributed by atoms with Crippen molar-refractivity contribution in [2.45, 2.75) is 39.2 Å². The summed E-state index contributed by atoms with van der Waals surface area (Å²) >= 11 is 6.09. The highest BCUT2D eigenvalue weighted by atomic mass is 35.5. The monoisotopic (exact) mass is 353 g/mol. The molecule has 2 rings (SSSR count). The van der Waals surface area contributed by atoms with E-state index in [0.717, 1.165) is 6.42 Å². The lowest BCUT2D eigenvalue weighted by Crippen LogP contribution is -2.45. The zero-order valence-electron chi connectivity index (χ0n) is 14.3. The normalized spacial score (nSPS) is 18.2. The van der Waals surface area contributed by atoms with Crippen molar-refractivity contribution in [2.24, 2.45) is 5.92 Å². The fraction of sp³-hybridized carbons (Fsp3) is 0.529. The van der Waals surface area contributed by atoms with E-state index < -0.39 is 11.7 Å². The molecule has 2 amide bonds. The maximum Gasteiger partial charge on any atom is 0.410 e. The third-order valence-electron chi connectivity index (χ3n) is 3.74. The number of ether oxygens (including phenoxy) is 1. The predicted octanol–water partition coefficient (Wildman–Crippen LogP) is 3.51. The van der Waals surface area contributed by atoms with Gasteiger partial charge in [-0.05, 0) is 45.7 Å². The van der Waals surface area contributed by atoms with Crippen LogP contribution in [0.1, 0.15) is 33.6 Å². The zero-order valence-corrected chi connectivity index (χ0v) is 15.0. The molecular formula is C17H24ClN3O3. The smallest absolute Gasteiger partial charge is 0.410 e. The van der Waals surface area contributed by atoms with E-state index in [2.05, 4.69) is 5.32 Å². The molecular weight excluding hydrogens is 330 g/mol. The molecule has 132 valence electrons. The highest BCUT2D eigenvalue weighted by Gasteiger charge is 2.31. The minimum absolute atomic E-state index is 0.192. The largest absolute Gasteiger partial charge is 0.444 e. The SMILES string of the molecule is CC(C)(C)OC(=O)N1CCCC(C(=O)Nc2c(N)cccc2Cl)C1. The van der Waals surface area contributed by atoms with E-state index in [1.807, 2.05) is 20.8 Å². The van der Waals surface area contributed by atoms with E-state index in [-0.39, 0.29) is 11.8 Å². The summed E-state index contributed by atoms with van der Waals surface area (Å²) < 4.78 is 5.38. The van der Waals surface area contributed by atoms with Crippen LogP contribution in [0.5, 0.6) is 0 Å². The first-order valence-corrected chi connectivity index (χ1v) is 8.38. The molecule has 1 aromatic carbocycles. The van der Waals surface area contributed by atoms with Crippen molar-refractivity contribution in [3.63, 3.8) is 0 Å². The van der Waals surface area contributed by atoms with Crippen molar-refractivity contribution in [2.75, 3.05) is 24.1 Å². The summed E-state index contributed by atoms with van der Waals surface area (Å²) in [5, 5.41) is 3.17. The molecule has 1 fully saturated rings. The van der Waals surface area contributed by atoms with Crippen LogP contribution in [-0.2, 0) is 9.53 Å². The highest BCUT2D eigenvalue weighted by Crippen LogP contribution is 2.29. The Kier molecular flexibility index (Phi) is 5.59. The van der Waals surface area contributed by atoms with Gasteiger partial charge in [-0.1, -0.05) is 17.7 Å². The van der Waals surface area contributed by atoms with Gasteiger partial charge < -0.3 is 20.7 Å². The molecule has 1 aromatic rings. The molecule has 1 atom stereocenters. The fourth-order valence-electron chi connectivity index (χ4n) is 2.58. The molecule has 24 heavy (non-hydrogen) atoms. The van der Waals surface area contributed by atoms with Crippen LogP contribution < -0.4 is 11.1 Å². The van der Waals surface area contributed by atoms with Crippen molar-refractivity contribution < 1.29 is 14.3 Å². The van der Waals surface area contributed by atoms with Gasteiger partial charge >= 0.3 is 6.09 Å². The molecule has 1 aliphatic rings. The van der Waals surface area contributed by atoms with E-state index in [1.54, 1.807) is 23.1 Å². The molecule has 7 heteroatoms. The number of amides is 2. The summed E-state index contributed by atoms with van der Waals surface area (Å²) in [4.78, 5) is 26.3. The summed E-state index contributed by atoms with van der Waals surface area (Å²) in [6.45, 7) is 6.37. The number of nitrogens with one attached hydrogen (secondary N) is 1. The number of likely N-dealkylation sites (tertiary alicyclic amines) is 1. The van der Waals surface area contributed by atoms with Gasteiger partial charge in [0.05, 0.1) is 22.3 Å². The minimum Gasteiger partial charge on any atom is -0.444 e. The number of rotatable bonds is 2. The summed E-state index contributed by atoms with van der Waals surface area (Å²) in [5.74, 6) is -0.509. The fourth-order valence-corrected chi connectivity index (χ4v) is 2.81. The molecule has 0 aromatic heterocycles.